The number of fused-ring (bicyclic) bond motifs is 1. The third-order valence-electron chi connectivity index (χ3n) is 5.12. The second-order valence-electron chi connectivity index (χ2n) is 7.69. The molecule has 4 unspecified atom stereocenters. The van der Waals surface area contributed by atoms with E-state index in [4.69, 9.17) is 18.9 Å². The van der Waals surface area contributed by atoms with Crippen molar-refractivity contribution in [3.8, 4) is 6.07 Å². The van der Waals surface area contributed by atoms with Crippen molar-refractivity contribution in [2.24, 2.45) is 0 Å². The van der Waals surface area contributed by atoms with Gasteiger partial charge in [-0.1, -0.05) is 5.21 Å². The first kappa shape index (κ1) is 22.3. The molecule has 33 heavy (non-hydrogen) atoms. The van der Waals surface area contributed by atoms with Gasteiger partial charge in [-0.05, 0) is 12.8 Å². The van der Waals surface area contributed by atoms with E-state index in [9.17, 15) is 24.4 Å². The SMILES string of the molecule is CC(=O)OCC1OC(n2nnc3c(C#N)nn(C4CC4)c3c2=O)C(OC(C)=O)C1OC(C)=O. The van der Waals surface area contributed by atoms with Gasteiger partial charge in [-0.25, -0.2) is 0 Å². The van der Waals surface area contributed by atoms with Crippen LogP contribution in [0.5, 0.6) is 0 Å². The molecule has 2 aromatic rings. The molecular weight excluding hydrogens is 440 g/mol. The van der Waals surface area contributed by atoms with Crippen molar-refractivity contribution in [2.45, 2.75) is 64.2 Å². The van der Waals surface area contributed by atoms with Crippen LogP contribution >= 0.6 is 0 Å². The quantitative estimate of drug-likeness (QED) is 0.400. The molecule has 2 aliphatic rings. The minimum absolute atomic E-state index is 0.0388. The Morgan fingerprint density at radius 1 is 1.09 bits per heavy atom. The molecule has 0 radical (unpaired) electrons. The van der Waals surface area contributed by atoms with Gasteiger partial charge >= 0.3 is 17.9 Å². The number of hydrogen-bond acceptors (Lipinski definition) is 12. The highest BCUT2D eigenvalue weighted by Gasteiger charge is 2.51. The fraction of sp³-hybridized carbons (Fsp3) is 0.579. The van der Waals surface area contributed by atoms with E-state index >= 15 is 0 Å². The van der Waals surface area contributed by atoms with Gasteiger partial charge < -0.3 is 18.9 Å². The van der Waals surface area contributed by atoms with Crippen molar-refractivity contribution in [2.75, 3.05) is 6.61 Å². The summed E-state index contributed by atoms with van der Waals surface area (Å²) >= 11 is 0. The van der Waals surface area contributed by atoms with Crippen LogP contribution < -0.4 is 5.56 Å². The lowest BCUT2D eigenvalue weighted by Gasteiger charge is -2.23. The first-order valence-corrected chi connectivity index (χ1v) is 10.1. The van der Waals surface area contributed by atoms with Crippen molar-refractivity contribution in [3.05, 3.63) is 16.0 Å². The molecule has 1 saturated carbocycles. The van der Waals surface area contributed by atoms with Crippen molar-refractivity contribution in [1.82, 2.24) is 24.8 Å². The summed E-state index contributed by atoms with van der Waals surface area (Å²) in [5.41, 5.74) is -0.622. The van der Waals surface area contributed by atoms with Crippen LogP contribution in [0.3, 0.4) is 0 Å². The van der Waals surface area contributed by atoms with Crippen LogP contribution in [0.15, 0.2) is 4.79 Å². The van der Waals surface area contributed by atoms with E-state index in [0.29, 0.717) is 0 Å². The van der Waals surface area contributed by atoms with Gasteiger partial charge in [0.15, 0.2) is 35.2 Å². The Bertz CT molecular complexity index is 1230. The summed E-state index contributed by atoms with van der Waals surface area (Å²) in [6, 6.07) is 1.86. The number of esters is 3. The number of nitriles is 1. The Morgan fingerprint density at radius 3 is 2.33 bits per heavy atom. The van der Waals surface area contributed by atoms with Gasteiger partial charge in [-0.15, -0.1) is 5.10 Å². The average molecular weight is 460 g/mol. The molecule has 2 aromatic heterocycles. The summed E-state index contributed by atoms with van der Waals surface area (Å²) in [5.74, 6) is -2.03. The van der Waals surface area contributed by atoms with E-state index in [2.05, 4.69) is 15.4 Å². The van der Waals surface area contributed by atoms with E-state index in [1.807, 2.05) is 6.07 Å². The number of carbonyl (C=O) groups excluding carboxylic acids is 3. The van der Waals surface area contributed by atoms with Gasteiger partial charge in [0.2, 0.25) is 0 Å². The van der Waals surface area contributed by atoms with E-state index in [0.717, 1.165) is 31.4 Å². The van der Waals surface area contributed by atoms with Crippen LogP contribution in [0, 0.1) is 11.3 Å². The Labute approximate surface area is 185 Å². The van der Waals surface area contributed by atoms with E-state index < -0.39 is 48.0 Å². The highest BCUT2D eigenvalue weighted by molar-refractivity contribution is 5.78. The van der Waals surface area contributed by atoms with Crippen molar-refractivity contribution < 1.29 is 33.3 Å². The molecular formula is C19H20N6O8. The third kappa shape index (κ3) is 4.27. The molecule has 1 aliphatic carbocycles. The largest absolute Gasteiger partial charge is 0.463 e. The normalized spacial score (nSPS) is 24.3. The Balaban J connectivity index is 1.80. The van der Waals surface area contributed by atoms with Gasteiger partial charge in [-0.3, -0.25) is 23.9 Å². The Hall–Kier alpha value is -3.86. The number of hydrogen-bond donors (Lipinski definition) is 0. The highest BCUT2D eigenvalue weighted by Crippen LogP contribution is 2.37. The minimum atomic E-state index is -1.35. The summed E-state index contributed by atoms with van der Waals surface area (Å²) in [5, 5.41) is 21.4. The summed E-state index contributed by atoms with van der Waals surface area (Å²) in [6.45, 7) is 3.15. The van der Waals surface area contributed by atoms with Gasteiger partial charge in [0.1, 0.15) is 18.8 Å². The molecule has 14 heteroatoms. The van der Waals surface area contributed by atoms with Gasteiger partial charge in [0, 0.05) is 20.8 Å². The number of rotatable bonds is 6. The summed E-state index contributed by atoms with van der Waals surface area (Å²) in [7, 11) is 0. The summed E-state index contributed by atoms with van der Waals surface area (Å²) < 4.78 is 23.7. The lowest BCUT2D eigenvalue weighted by molar-refractivity contribution is -0.166. The smallest absolute Gasteiger partial charge is 0.303 e. The monoisotopic (exact) mass is 460 g/mol. The highest BCUT2D eigenvalue weighted by atomic mass is 16.7. The number of ether oxygens (including phenoxy) is 4. The van der Waals surface area contributed by atoms with Crippen LogP contribution in [-0.2, 0) is 33.3 Å². The second-order valence-corrected chi connectivity index (χ2v) is 7.69. The first-order valence-electron chi connectivity index (χ1n) is 10.1. The molecule has 0 amide bonds. The predicted octanol–water partition coefficient (Wildman–Crippen LogP) is -0.482. The fourth-order valence-corrected chi connectivity index (χ4v) is 3.68. The van der Waals surface area contributed by atoms with Crippen LogP contribution in [0.2, 0.25) is 0 Å². The van der Waals surface area contributed by atoms with Gasteiger partial charge in [0.25, 0.3) is 5.56 Å². The zero-order valence-electron chi connectivity index (χ0n) is 18.0. The molecule has 14 nitrogen and oxygen atoms in total. The van der Waals surface area contributed by atoms with Crippen LogP contribution in [-0.4, -0.2) is 67.6 Å². The minimum Gasteiger partial charge on any atom is -0.463 e. The zero-order chi connectivity index (χ0) is 23.9. The Kier molecular flexibility index (Phi) is 5.81. The molecule has 1 aliphatic heterocycles. The van der Waals surface area contributed by atoms with E-state index in [-0.39, 0.29) is 29.4 Å². The topological polar surface area (TPSA) is 178 Å². The lowest BCUT2D eigenvalue weighted by atomic mass is 10.1. The van der Waals surface area contributed by atoms with Crippen molar-refractivity contribution in [3.63, 3.8) is 0 Å². The van der Waals surface area contributed by atoms with Crippen molar-refractivity contribution in [1.29, 1.82) is 5.26 Å². The molecule has 0 spiro atoms. The van der Waals surface area contributed by atoms with Crippen molar-refractivity contribution >= 4 is 28.9 Å². The predicted molar refractivity (Wildman–Crippen MR) is 104 cm³/mol. The zero-order valence-corrected chi connectivity index (χ0v) is 18.0. The van der Waals surface area contributed by atoms with Crippen LogP contribution in [0.1, 0.15) is 51.6 Å². The third-order valence-corrected chi connectivity index (χ3v) is 5.12. The molecule has 0 aromatic carbocycles. The number of nitrogens with zero attached hydrogens (tertiary/aromatic N) is 6. The van der Waals surface area contributed by atoms with E-state index in [1.54, 1.807) is 0 Å². The van der Waals surface area contributed by atoms with Gasteiger partial charge in [0.05, 0.1) is 6.04 Å². The maximum atomic E-state index is 13.4. The second kappa shape index (κ2) is 8.58. The molecule has 0 bridgehead atoms. The molecule has 3 heterocycles. The van der Waals surface area contributed by atoms with Crippen LogP contribution in [0.4, 0.5) is 0 Å². The molecule has 2 fully saturated rings. The molecule has 1 saturated heterocycles. The summed E-state index contributed by atoms with van der Waals surface area (Å²) in [6.07, 6.45) is -3.31. The summed E-state index contributed by atoms with van der Waals surface area (Å²) in [4.78, 5) is 48.2. The molecule has 174 valence electrons. The van der Waals surface area contributed by atoms with E-state index in [1.165, 1.54) is 11.6 Å². The molecule has 4 atom stereocenters. The molecule has 0 N–H and O–H groups in total. The van der Waals surface area contributed by atoms with Gasteiger partial charge in [-0.2, -0.15) is 15.0 Å². The average Bonchev–Trinajstić information content (AvgIpc) is 3.44. The Morgan fingerprint density at radius 2 is 1.76 bits per heavy atom. The molecule has 4 rings (SSSR count). The number of carbonyl (C=O) groups is 3. The lowest BCUT2D eigenvalue weighted by Crippen LogP contribution is -2.42. The fourth-order valence-electron chi connectivity index (χ4n) is 3.68. The maximum Gasteiger partial charge on any atom is 0.303 e. The standard InChI is InChI=1S/C19H20N6O8/c1-8(26)30-7-13-16(31-9(2)27)17(32-10(3)28)19(33-13)25-18(29)15-14(21-23-25)12(6-20)22-24(15)11-4-5-11/h11,13,16-17,19H,4-5,7H2,1-3H3. The maximum absolute atomic E-state index is 13.4. The first-order chi connectivity index (χ1) is 15.7. The number of aromatic nitrogens is 5. The van der Waals surface area contributed by atoms with Crippen LogP contribution in [0.25, 0.3) is 11.0 Å².